The van der Waals surface area contributed by atoms with Gasteiger partial charge in [-0.1, -0.05) is 59.1 Å². The highest BCUT2D eigenvalue weighted by Crippen LogP contribution is 2.27. The van der Waals surface area contributed by atoms with Crippen LogP contribution in [0.5, 0.6) is 5.75 Å². The van der Waals surface area contributed by atoms with Crippen molar-refractivity contribution in [3.63, 3.8) is 0 Å². The number of rotatable bonds is 14. The topological polar surface area (TPSA) is 30.5 Å². The second kappa shape index (κ2) is 13.2. The summed E-state index contributed by atoms with van der Waals surface area (Å²) in [5.74, 6) is 1.36. The summed E-state index contributed by atoms with van der Waals surface area (Å²) in [6.07, 6.45) is 8.04. The Labute approximate surface area is 161 Å². The van der Waals surface area contributed by atoms with Gasteiger partial charge in [0.1, 0.15) is 5.75 Å². The Morgan fingerprint density at radius 2 is 1.46 bits per heavy atom. The Kier molecular flexibility index (Phi) is 11.6. The number of nitrogens with one attached hydrogen (secondary N) is 1. The summed E-state index contributed by atoms with van der Waals surface area (Å²) in [6.45, 7) is 11.1. The summed E-state index contributed by atoms with van der Waals surface area (Å²) in [7, 11) is 1.98. The molecular formula is C23H41NO2. The largest absolute Gasteiger partial charge is 0.465 e. The van der Waals surface area contributed by atoms with Crippen LogP contribution >= 0.6 is 0 Å². The Balaban J connectivity index is 2.91. The van der Waals surface area contributed by atoms with E-state index in [4.69, 9.17) is 9.47 Å². The first kappa shape index (κ1) is 23.0. The number of hydrogen-bond donors (Lipinski definition) is 1. The maximum Gasteiger partial charge on any atom is 0.202 e. The van der Waals surface area contributed by atoms with Gasteiger partial charge in [0.25, 0.3) is 0 Å². The molecule has 0 fully saturated rings. The smallest absolute Gasteiger partial charge is 0.202 e. The molecule has 0 aliphatic rings. The average Bonchev–Trinajstić information content (AvgIpc) is 2.66. The quantitative estimate of drug-likeness (QED) is 0.383. The van der Waals surface area contributed by atoms with Crippen molar-refractivity contribution in [2.24, 2.45) is 5.92 Å². The van der Waals surface area contributed by atoms with Crippen LogP contribution in [0.1, 0.15) is 91.2 Å². The molecule has 0 amide bonds. The molecular weight excluding hydrogens is 322 g/mol. The van der Waals surface area contributed by atoms with E-state index in [2.05, 4.69) is 64.2 Å². The fourth-order valence-electron chi connectivity index (χ4n) is 3.41. The van der Waals surface area contributed by atoms with Crippen LogP contribution in [-0.2, 0) is 4.74 Å². The van der Waals surface area contributed by atoms with Crippen molar-refractivity contribution >= 4 is 0 Å². The van der Waals surface area contributed by atoms with Crippen LogP contribution in [0.3, 0.4) is 0 Å². The maximum absolute atomic E-state index is 6.48. The SMILES string of the molecule is CCCC(CC)OC(Oc1ccc(C(C)NC)cc1)C(CCC)CCC. The number of ether oxygens (including phenoxy) is 2. The standard InChI is InChI=1S/C23H41NO2/c1-7-11-20(12-8-2)23(25-21(10-4)13-9-3)26-22-16-14-19(15-17-22)18(5)24-6/h14-18,20-21,23-24H,7-13H2,1-6H3. The van der Waals surface area contributed by atoms with Crippen LogP contribution < -0.4 is 10.1 Å². The molecule has 1 rings (SSSR count). The second-order valence-corrected chi connectivity index (χ2v) is 7.36. The van der Waals surface area contributed by atoms with Crippen molar-refractivity contribution in [3.8, 4) is 5.75 Å². The van der Waals surface area contributed by atoms with Gasteiger partial charge in [-0.25, -0.2) is 0 Å². The summed E-state index contributed by atoms with van der Waals surface area (Å²) >= 11 is 0. The van der Waals surface area contributed by atoms with Gasteiger partial charge >= 0.3 is 0 Å². The van der Waals surface area contributed by atoms with Crippen molar-refractivity contribution in [1.82, 2.24) is 5.32 Å². The van der Waals surface area contributed by atoms with Crippen molar-refractivity contribution in [1.29, 1.82) is 0 Å². The zero-order chi connectivity index (χ0) is 19.4. The molecule has 150 valence electrons. The van der Waals surface area contributed by atoms with Crippen LogP contribution in [0.2, 0.25) is 0 Å². The van der Waals surface area contributed by atoms with Gasteiger partial charge < -0.3 is 14.8 Å². The molecule has 1 N–H and O–H groups in total. The summed E-state index contributed by atoms with van der Waals surface area (Å²) < 4.78 is 12.9. The van der Waals surface area contributed by atoms with Crippen molar-refractivity contribution in [2.45, 2.75) is 98.0 Å². The third-order valence-corrected chi connectivity index (χ3v) is 5.16. The molecule has 0 aliphatic carbocycles. The van der Waals surface area contributed by atoms with Crippen LogP contribution in [-0.4, -0.2) is 19.4 Å². The highest BCUT2D eigenvalue weighted by atomic mass is 16.7. The molecule has 0 bridgehead atoms. The van der Waals surface area contributed by atoms with Gasteiger partial charge in [0.2, 0.25) is 6.29 Å². The fraction of sp³-hybridized carbons (Fsp3) is 0.739. The molecule has 3 unspecified atom stereocenters. The van der Waals surface area contributed by atoms with E-state index in [0.29, 0.717) is 12.0 Å². The van der Waals surface area contributed by atoms with Gasteiger partial charge in [-0.3, -0.25) is 0 Å². The van der Waals surface area contributed by atoms with E-state index in [1.807, 2.05) is 7.05 Å². The Morgan fingerprint density at radius 1 is 0.885 bits per heavy atom. The van der Waals surface area contributed by atoms with Crippen LogP contribution in [0, 0.1) is 5.92 Å². The molecule has 3 nitrogen and oxygen atoms in total. The lowest BCUT2D eigenvalue weighted by molar-refractivity contribution is -0.154. The molecule has 0 aliphatic heterocycles. The predicted octanol–water partition coefficient (Wildman–Crippen LogP) is 6.48. The molecule has 0 radical (unpaired) electrons. The third-order valence-electron chi connectivity index (χ3n) is 5.16. The minimum atomic E-state index is -0.154. The van der Waals surface area contributed by atoms with Gasteiger partial charge in [-0.2, -0.15) is 0 Å². The molecule has 3 heteroatoms. The van der Waals surface area contributed by atoms with Crippen molar-refractivity contribution in [3.05, 3.63) is 29.8 Å². The van der Waals surface area contributed by atoms with E-state index in [1.54, 1.807) is 0 Å². The van der Waals surface area contributed by atoms with Crippen molar-refractivity contribution < 1.29 is 9.47 Å². The van der Waals surface area contributed by atoms with Crippen LogP contribution in [0.4, 0.5) is 0 Å². The van der Waals surface area contributed by atoms with Gasteiger partial charge in [0, 0.05) is 12.0 Å². The monoisotopic (exact) mass is 363 g/mol. The normalized spacial score (nSPS) is 15.0. The minimum absolute atomic E-state index is 0.154. The van der Waals surface area contributed by atoms with E-state index in [1.165, 1.54) is 5.56 Å². The molecule has 0 heterocycles. The van der Waals surface area contributed by atoms with Crippen LogP contribution in [0.25, 0.3) is 0 Å². The highest BCUT2D eigenvalue weighted by Gasteiger charge is 2.25. The Hall–Kier alpha value is -1.06. The van der Waals surface area contributed by atoms with E-state index in [0.717, 1.165) is 50.7 Å². The fourth-order valence-corrected chi connectivity index (χ4v) is 3.41. The zero-order valence-electron chi connectivity index (χ0n) is 17.9. The maximum atomic E-state index is 6.48. The Morgan fingerprint density at radius 3 is 1.92 bits per heavy atom. The van der Waals surface area contributed by atoms with Crippen LogP contribution in [0.15, 0.2) is 24.3 Å². The third kappa shape index (κ3) is 7.67. The van der Waals surface area contributed by atoms with E-state index < -0.39 is 0 Å². The molecule has 0 saturated heterocycles. The van der Waals surface area contributed by atoms with E-state index >= 15 is 0 Å². The zero-order valence-corrected chi connectivity index (χ0v) is 17.9. The number of hydrogen-bond acceptors (Lipinski definition) is 3. The van der Waals surface area contributed by atoms with Gasteiger partial charge in [0.05, 0.1) is 6.10 Å². The highest BCUT2D eigenvalue weighted by molar-refractivity contribution is 5.29. The minimum Gasteiger partial charge on any atom is -0.465 e. The molecule has 26 heavy (non-hydrogen) atoms. The number of benzene rings is 1. The summed E-state index contributed by atoms with van der Waals surface area (Å²) in [5.41, 5.74) is 1.27. The summed E-state index contributed by atoms with van der Waals surface area (Å²) in [4.78, 5) is 0. The first-order valence-corrected chi connectivity index (χ1v) is 10.7. The lowest BCUT2D eigenvalue weighted by Gasteiger charge is -2.31. The molecule has 0 aromatic heterocycles. The molecule has 0 spiro atoms. The predicted molar refractivity (Wildman–Crippen MR) is 112 cm³/mol. The molecule has 3 atom stereocenters. The first-order chi connectivity index (χ1) is 12.6. The second-order valence-electron chi connectivity index (χ2n) is 7.36. The molecule has 0 saturated carbocycles. The lowest BCUT2D eigenvalue weighted by Crippen LogP contribution is -2.34. The van der Waals surface area contributed by atoms with Gasteiger partial charge in [-0.05, 0) is 57.4 Å². The first-order valence-electron chi connectivity index (χ1n) is 10.7. The summed E-state index contributed by atoms with van der Waals surface area (Å²) in [6, 6.07) is 8.79. The lowest BCUT2D eigenvalue weighted by atomic mass is 9.97. The molecule has 1 aromatic carbocycles. The van der Waals surface area contributed by atoms with Gasteiger partial charge in [-0.15, -0.1) is 0 Å². The summed E-state index contributed by atoms with van der Waals surface area (Å²) in [5, 5.41) is 3.28. The average molecular weight is 364 g/mol. The van der Waals surface area contributed by atoms with E-state index in [-0.39, 0.29) is 12.4 Å². The van der Waals surface area contributed by atoms with Gasteiger partial charge in [0.15, 0.2) is 0 Å². The van der Waals surface area contributed by atoms with Crippen molar-refractivity contribution in [2.75, 3.05) is 7.05 Å². The Bertz CT molecular complexity index is 454. The van der Waals surface area contributed by atoms with E-state index in [9.17, 15) is 0 Å². The molecule has 1 aromatic rings.